The van der Waals surface area contributed by atoms with Gasteiger partial charge in [0.05, 0.1) is 24.3 Å². The number of anilines is 2. The van der Waals surface area contributed by atoms with E-state index < -0.39 is 0 Å². The van der Waals surface area contributed by atoms with Crippen LogP contribution in [0.5, 0.6) is 0 Å². The number of hydrogen-bond acceptors (Lipinski definition) is 5. The molecule has 0 spiro atoms. The number of para-hydroxylation sites is 2. The molecule has 2 fully saturated rings. The van der Waals surface area contributed by atoms with Crippen LogP contribution in [0.25, 0.3) is 10.9 Å². The molecule has 0 atom stereocenters. The minimum absolute atomic E-state index is 0.103. The summed E-state index contributed by atoms with van der Waals surface area (Å²) in [5.41, 5.74) is 2.31. The Morgan fingerprint density at radius 3 is 2.42 bits per heavy atom. The molecule has 0 radical (unpaired) electrons. The lowest BCUT2D eigenvalue weighted by Gasteiger charge is -2.40. The lowest BCUT2D eigenvalue weighted by molar-refractivity contribution is 0.0115. The molecule has 2 saturated heterocycles. The lowest BCUT2D eigenvalue weighted by Crippen LogP contribution is -2.49. The van der Waals surface area contributed by atoms with Crippen LogP contribution in [0.2, 0.25) is 0 Å². The van der Waals surface area contributed by atoms with E-state index in [1.165, 1.54) is 0 Å². The van der Waals surface area contributed by atoms with E-state index in [0.29, 0.717) is 11.6 Å². The Balaban J connectivity index is 1.38. The molecule has 5 rings (SSSR count). The topological polar surface area (TPSA) is 57.7 Å². The Labute approximate surface area is 182 Å². The molecule has 2 aliphatic heterocycles. The SMILES string of the molecule is O=C(Nc1ccccc1)c1cc(N2CCC(N3CCOCC3)CC2)nc2ccccc12. The van der Waals surface area contributed by atoms with Gasteiger partial charge in [0.2, 0.25) is 0 Å². The second kappa shape index (κ2) is 9.04. The number of morpholine rings is 1. The Morgan fingerprint density at radius 1 is 0.935 bits per heavy atom. The Morgan fingerprint density at radius 2 is 1.65 bits per heavy atom. The molecular formula is C25H28N4O2. The third-order valence-corrected chi connectivity index (χ3v) is 6.33. The van der Waals surface area contributed by atoms with Crippen molar-refractivity contribution in [2.45, 2.75) is 18.9 Å². The van der Waals surface area contributed by atoms with Crippen LogP contribution in [0.3, 0.4) is 0 Å². The minimum Gasteiger partial charge on any atom is -0.379 e. The van der Waals surface area contributed by atoms with Gasteiger partial charge in [-0.3, -0.25) is 9.69 Å². The maximum atomic E-state index is 13.1. The Kier molecular flexibility index (Phi) is 5.82. The average Bonchev–Trinajstić information content (AvgIpc) is 2.84. The summed E-state index contributed by atoms with van der Waals surface area (Å²) in [4.78, 5) is 22.9. The van der Waals surface area contributed by atoms with E-state index in [9.17, 15) is 4.79 Å². The molecule has 160 valence electrons. The number of carbonyl (C=O) groups is 1. The van der Waals surface area contributed by atoms with Crippen molar-refractivity contribution in [1.82, 2.24) is 9.88 Å². The average molecular weight is 417 g/mol. The summed E-state index contributed by atoms with van der Waals surface area (Å²) in [5.74, 6) is 0.784. The second-order valence-electron chi connectivity index (χ2n) is 8.23. The van der Waals surface area contributed by atoms with E-state index in [2.05, 4.69) is 15.1 Å². The fourth-order valence-electron chi connectivity index (χ4n) is 4.63. The fraction of sp³-hybridized carbons (Fsp3) is 0.360. The second-order valence-corrected chi connectivity index (χ2v) is 8.23. The van der Waals surface area contributed by atoms with Crippen molar-refractivity contribution < 1.29 is 9.53 Å². The maximum Gasteiger partial charge on any atom is 0.256 e. The van der Waals surface area contributed by atoms with Gasteiger partial charge in [-0.2, -0.15) is 0 Å². The highest BCUT2D eigenvalue weighted by molar-refractivity contribution is 6.13. The molecule has 3 heterocycles. The van der Waals surface area contributed by atoms with Crippen LogP contribution in [0.4, 0.5) is 11.5 Å². The molecule has 1 N–H and O–H groups in total. The van der Waals surface area contributed by atoms with Crippen LogP contribution in [0.1, 0.15) is 23.2 Å². The summed E-state index contributed by atoms with van der Waals surface area (Å²) in [6, 6.07) is 20.0. The van der Waals surface area contributed by atoms with Gasteiger partial charge in [0.15, 0.2) is 0 Å². The first-order valence-corrected chi connectivity index (χ1v) is 11.1. The molecule has 6 heteroatoms. The van der Waals surface area contributed by atoms with E-state index in [-0.39, 0.29) is 5.91 Å². The Hall–Kier alpha value is -2.96. The zero-order valence-electron chi connectivity index (χ0n) is 17.7. The van der Waals surface area contributed by atoms with Crippen molar-refractivity contribution >= 4 is 28.3 Å². The number of piperidine rings is 1. The predicted octanol–water partition coefficient (Wildman–Crippen LogP) is 3.79. The van der Waals surface area contributed by atoms with Crippen LogP contribution in [0, 0.1) is 0 Å². The highest BCUT2D eigenvalue weighted by Crippen LogP contribution is 2.27. The first-order valence-electron chi connectivity index (χ1n) is 11.1. The van der Waals surface area contributed by atoms with E-state index in [1.807, 2.05) is 60.7 Å². The van der Waals surface area contributed by atoms with Crippen molar-refractivity contribution in [2.24, 2.45) is 0 Å². The highest BCUT2D eigenvalue weighted by Gasteiger charge is 2.27. The maximum absolute atomic E-state index is 13.1. The van der Waals surface area contributed by atoms with Gasteiger partial charge in [-0.1, -0.05) is 36.4 Å². The molecule has 6 nitrogen and oxygen atoms in total. The number of nitrogens with one attached hydrogen (secondary N) is 1. The van der Waals surface area contributed by atoms with E-state index in [4.69, 9.17) is 9.72 Å². The largest absolute Gasteiger partial charge is 0.379 e. The number of benzene rings is 2. The Bertz CT molecular complexity index is 1040. The zero-order chi connectivity index (χ0) is 21.0. The molecule has 3 aromatic rings. The number of carbonyl (C=O) groups excluding carboxylic acids is 1. The number of rotatable bonds is 4. The number of fused-ring (bicyclic) bond motifs is 1. The fourth-order valence-corrected chi connectivity index (χ4v) is 4.63. The van der Waals surface area contributed by atoms with Crippen LogP contribution in [-0.4, -0.2) is 61.2 Å². The summed E-state index contributed by atoms with van der Waals surface area (Å²) < 4.78 is 5.50. The minimum atomic E-state index is -0.103. The summed E-state index contributed by atoms with van der Waals surface area (Å²) in [5, 5.41) is 3.90. The number of nitrogens with zero attached hydrogens (tertiary/aromatic N) is 3. The van der Waals surface area contributed by atoms with E-state index in [1.54, 1.807) is 0 Å². The lowest BCUT2D eigenvalue weighted by atomic mass is 10.0. The van der Waals surface area contributed by atoms with Gasteiger partial charge >= 0.3 is 0 Å². The first kappa shape index (κ1) is 20.0. The van der Waals surface area contributed by atoms with E-state index in [0.717, 1.165) is 74.6 Å². The third kappa shape index (κ3) is 4.40. The molecule has 1 amide bonds. The van der Waals surface area contributed by atoms with Gasteiger partial charge in [0.1, 0.15) is 5.82 Å². The molecule has 31 heavy (non-hydrogen) atoms. The van der Waals surface area contributed by atoms with Gasteiger partial charge in [-0.25, -0.2) is 4.98 Å². The van der Waals surface area contributed by atoms with Crippen molar-refractivity contribution in [1.29, 1.82) is 0 Å². The normalized spacial score (nSPS) is 18.3. The van der Waals surface area contributed by atoms with Crippen LogP contribution >= 0.6 is 0 Å². The molecule has 0 unspecified atom stereocenters. The third-order valence-electron chi connectivity index (χ3n) is 6.33. The standard InChI is InChI=1S/C25H28N4O2/c30-25(26-19-6-2-1-3-7-19)22-18-24(27-23-9-5-4-8-21(22)23)29-12-10-20(11-13-29)28-14-16-31-17-15-28/h1-9,18,20H,10-17H2,(H,26,30). The number of aromatic nitrogens is 1. The summed E-state index contributed by atoms with van der Waals surface area (Å²) in [6.45, 7) is 5.64. The van der Waals surface area contributed by atoms with Gasteiger partial charge < -0.3 is 15.0 Å². The number of hydrogen-bond donors (Lipinski definition) is 1. The van der Waals surface area contributed by atoms with Gasteiger partial charge in [0.25, 0.3) is 5.91 Å². The first-order chi connectivity index (χ1) is 15.3. The number of pyridine rings is 1. The van der Waals surface area contributed by atoms with Gasteiger partial charge in [0, 0.05) is 43.3 Å². The van der Waals surface area contributed by atoms with E-state index >= 15 is 0 Å². The number of amides is 1. The zero-order valence-corrected chi connectivity index (χ0v) is 17.7. The van der Waals surface area contributed by atoms with Crippen LogP contribution < -0.4 is 10.2 Å². The quantitative estimate of drug-likeness (QED) is 0.701. The van der Waals surface area contributed by atoms with Gasteiger partial charge in [-0.15, -0.1) is 0 Å². The molecule has 0 saturated carbocycles. The van der Waals surface area contributed by atoms with Crippen molar-refractivity contribution in [3.05, 3.63) is 66.2 Å². The molecular weight excluding hydrogens is 388 g/mol. The predicted molar refractivity (Wildman–Crippen MR) is 124 cm³/mol. The van der Waals surface area contributed by atoms with Crippen LogP contribution in [0.15, 0.2) is 60.7 Å². The molecule has 0 bridgehead atoms. The summed E-state index contributed by atoms with van der Waals surface area (Å²) in [6.07, 6.45) is 2.22. The monoisotopic (exact) mass is 416 g/mol. The van der Waals surface area contributed by atoms with Crippen LogP contribution in [-0.2, 0) is 4.74 Å². The molecule has 2 aliphatic rings. The van der Waals surface area contributed by atoms with Gasteiger partial charge in [-0.05, 0) is 37.1 Å². The molecule has 0 aliphatic carbocycles. The van der Waals surface area contributed by atoms with Crippen molar-refractivity contribution in [2.75, 3.05) is 49.6 Å². The van der Waals surface area contributed by atoms with Crippen molar-refractivity contribution in [3.63, 3.8) is 0 Å². The van der Waals surface area contributed by atoms with Crippen molar-refractivity contribution in [3.8, 4) is 0 Å². The molecule has 2 aromatic carbocycles. The smallest absolute Gasteiger partial charge is 0.256 e. The number of ether oxygens (including phenoxy) is 1. The summed E-state index contributed by atoms with van der Waals surface area (Å²) in [7, 11) is 0. The highest BCUT2D eigenvalue weighted by atomic mass is 16.5. The summed E-state index contributed by atoms with van der Waals surface area (Å²) >= 11 is 0. The molecule has 1 aromatic heterocycles.